The Labute approximate surface area is 126 Å². The van der Waals surface area contributed by atoms with Gasteiger partial charge in [0.15, 0.2) is 0 Å². The molecule has 0 bridgehead atoms. The van der Waals surface area contributed by atoms with E-state index in [0.29, 0.717) is 18.8 Å². The summed E-state index contributed by atoms with van der Waals surface area (Å²) in [6.07, 6.45) is 1.59. The molecule has 0 aliphatic rings. The molecule has 0 unspecified atom stereocenters. The molecular weight excluding hydrogens is 288 g/mol. The fourth-order valence-electron chi connectivity index (χ4n) is 2.15. The van der Waals surface area contributed by atoms with Gasteiger partial charge in [-0.15, -0.1) is 11.3 Å². The van der Waals surface area contributed by atoms with Gasteiger partial charge in [0.25, 0.3) is 5.56 Å². The average molecular weight is 308 g/mol. The van der Waals surface area contributed by atoms with E-state index < -0.39 is 0 Å². The molecule has 0 saturated heterocycles. The molecule has 7 heteroatoms. The highest BCUT2D eigenvalue weighted by Gasteiger charge is 2.14. The summed E-state index contributed by atoms with van der Waals surface area (Å²) in [6, 6.07) is 4.04. The third kappa shape index (κ3) is 3.18. The Bertz CT molecular complexity index is 716. The molecule has 0 saturated carbocycles. The largest absolute Gasteiger partial charge is 0.383 e. The number of hydrogen-bond donors (Lipinski definition) is 2. The van der Waals surface area contributed by atoms with Crippen molar-refractivity contribution in [1.82, 2.24) is 9.13 Å². The lowest BCUT2D eigenvalue weighted by molar-refractivity contribution is 0.600. The fourth-order valence-corrected chi connectivity index (χ4v) is 2.86. The molecule has 0 aromatic carbocycles. The van der Waals surface area contributed by atoms with Gasteiger partial charge < -0.3 is 11.1 Å². The Kier molecular flexibility index (Phi) is 4.85. The van der Waals surface area contributed by atoms with Crippen molar-refractivity contribution in [2.45, 2.75) is 26.3 Å². The smallest absolute Gasteiger partial charge is 0.332 e. The first-order valence-corrected chi connectivity index (χ1v) is 7.79. The van der Waals surface area contributed by atoms with Crippen LogP contribution in [0.1, 0.15) is 18.2 Å². The van der Waals surface area contributed by atoms with Gasteiger partial charge in [0.05, 0.1) is 0 Å². The van der Waals surface area contributed by atoms with Gasteiger partial charge in [-0.25, -0.2) is 4.79 Å². The van der Waals surface area contributed by atoms with E-state index in [1.54, 1.807) is 11.3 Å². The standard InChI is InChI=1S/C14H20N4O2S/c1-3-8-18-12(15)11(13(19)17(2)14(18)20)16-7-6-10-5-4-9-21-10/h4-5,9,16H,3,6-8,15H2,1-2H3. The molecule has 21 heavy (non-hydrogen) atoms. The minimum atomic E-state index is -0.379. The Hall–Kier alpha value is -2.02. The SMILES string of the molecule is CCCn1c(N)c(NCCc2cccs2)c(=O)n(C)c1=O. The summed E-state index contributed by atoms with van der Waals surface area (Å²) in [5.74, 6) is 0.219. The Morgan fingerprint density at radius 1 is 1.38 bits per heavy atom. The maximum Gasteiger partial charge on any atom is 0.332 e. The van der Waals surface area contributed by atoms with Crippen molar-refractivity contribution in [2.24, 2.45) is 7.05 Å². The van der Waals surface area contributed by atoms with Crippen LogP contribution in [0, 0.1) is 0 Å². The van der Waals surface area contributed by atoms with Crippen LogP contribution in [0.5, 0.6) is 0 Å². The molecule has 3 N–H and O–H groups in total. The monoisotopic (exact) mass is 308 g/mol. The molecule has 2 aromatic heterocycles. The van der Waals surface area contributed by atoms with Crippen molar-refractivity contribution in [3.63, 3.8) is 0 Å². The number of nitrogens with two attached hydrogens (primary N) is 1. The van der Waals surface area contributed by atoms with Crippen LogP contribution >= 0.6 is 11.3 Å². The van der Waals surface area contributed by atoms with E-state index >= 15 is 0 Å². The summed E-state index contributed by atoms with van der Waals surface area (Å²) in [5, 5.41) is 5.09. The van der Waals surface area contributed by atoms with Crippen LogP contribution < -0.4 is 22.3 Å². The van der Waals surface area contributed by atoms with Gasteiger partial charge in [-0.3, -0.25) is 13.9 Å². The summed E-state index contributed by atoms with van der Waals surface area (Å²) in [6.45, 7) is 3.06. The summed E-state index contributed by atoms with van der Waals surface area (Å²) in [5.41, 5.74) is 5.55. The summed E-state index contributed by atoms with van der Waals surface area (Å²) < 4.78 is 2.54. The number of hydrogen-bond acceptors (Lipinski definition) is 5. The third-order valence-electron chi connectivity index (χ3n) is 3.28. The third-order valence-corrected chi connectivity index (χ3v) is 4.22. The van der Waals surface area contributed by atoms with Crippen molar-refractivity contribution in [3.8, 4) is 0 Å². The van der Waals surface area contributed by atoms with Gasteiger partial charge in [-0.1, -0.05) is 13.0 Å². The molecule has 114 valence electrons. The maximum atomic E-state index is 12.2. The van der Waals surface area contributed by atoms with E-state index in [-0.39, 0.29) is 17.1 Å². The van der Waals surface area contributed by atoms with Crippen molar-refractivity contribution in [3.05, 3.63) is 43.2 Å². The van der Waals surface area contributed by atoms with Crippen LogP contribution in [0.15, 0.2) is 27.1 Å². The number of thiophene rings is 1. The van der Waals surface area contributed by atoms with Crippen LogP contribution in [0.25, 0.3) is 0 Å². The molecule has 0 radical (unpaired) electrons. The van der Waals surface area contributed by atoms with Gasteiger partial charge >= 0.3 is 5.69 Å². The second kappa shape index (κ2) is 6.62. The number of nitrogen functional groups attached to an aromatic ring is 1. The van der Waals surface area contributed by atoms with E-state index in [9.17, 15) is 9.59 Å². The molecule has 6 nitrogen and oxygen atoms in total. The van der Waals surface area contributed by atoms with Crippen LogP contribution in [-0.4, -0.2) is 15.7 Å². The van der Waals surface area contributed by atoms with Gasteiger partial charge in [0.2, 0.25) is 0 Å². The molecule has 0 atom stereocenters. The fraction of sp³-hybridized carbons (Fsp3) is 0.429. The molecular formula is C14H20N4O2S. The van der Waals surface area contributed by atoms with E-state index in [2.05, 4.69) is 5.32 Å². The molecule has 0 fully saturated rings. The van der Waals surface area contributed by atoms with E-state index in [4.69, 9.17) is 5.73 Å². The molecule has 2 aromatic rings. The van der Waals surface area contributed by atoms with Gasteiger partial charge in [0.1, 0.15) is 11.5 Å². The molecule has 0 aliphatic heterocycles. The van der Waals surface area contributed by atoms with Crippen molar-refractivity contribution < 1.29 is 0 Å². The maximum absolute atomic E-state index is 12.2. The zero-order valence-corrected chi connectivity index (χ0v) is 13.1. The van der Waals surface area contributed by atoms with Crippen molar-refractivity contribution in [1.29, 1.82) is 0 Å². The highest BCUT2D eigenvalue weighted by atomic mass is 32.1. The van der Waals surface area contributed by atoms with Crippen LogP contribution in [-0.2, 0) is 20.0 Å². The quantitative estimate of drug-likeness (QED) is 0.841. The number of nitrogens with zero attached hydrogens (tertiary/aromatic N) is 2. The lowest BCUT2D eigenvalue weighted by Crippen LogP contribution is -2.40. The highest BCUT2D eigenvalue weighted by molar-refractivity contribution is 7.09. The Morgan fingerprint density at radius 2 is 2.14 bits per heavy atom. The highest BCUT2D eigenvalue weighted by Crippen LogP contribution is 2.13. The second-order valence-corrected chi connectivity index (χ2v) is 5.85. The van der Waals surface area contributed by atoms with Crippen molar-refractivity contribution in [2.75, 3.05) is 17.6 Å². The predicted molar refractivity (Wildman–Crippen MR) is 87.2 cm³/mol. The Morgan fingerprint density at radius 3 is 2.76 bits per heavy atom. The van der Waals surface area contributed by atoms with Crippen LogP contribution in [0.4, 0.5) is 11.5 Å². The lowest BCUT2D eigenvalue weighted by Gasteiger charge is -2.15. The average Bonchev–Trinajstić information content (AvgIpc) is 2.98. The lowest BCUT2D eigenvalue weighted by atomic mass is 10.3. The normalized spacial score (nSPS) is 10.8. The number of rotatable bonds is 6. The van der Waals surface area contributed by atoms with E-state index in [1.165, 1.54) is 16.5 Å². The Balaban J connectivity index is 2.26. The summed E-state index contributed by atoms with van der Waals surface area (Å²) in [7, 11) is 1.47. The van der Waals surface area contributed by atoms with Gasteiger partial charge in [-0.2, -0.15) is 0 Å². The molecule has 2 heterocycles. The first-order chi connectivity index (χ1) is 10.1. The van der Waals surface area contributed by atoms with Crippen molar-refractivity contribution >= 4 is 22.8 Å². The minimum Gasteiger partial charge on any atom is -0.383 e. The summed E-state index contributed by atoms with van der Waals surface area (Å²) in [4.78, 5) is 25.4. The molecule has 0 aliphatic carbocycles. The molecule has 0 amide bonds. The van der Waals surface area contributed by atoms with Gasteiger partial charge in [-0.05, 0) is 24.3 Å². The topological polar surface area (TPSA) is 82.0 Å². The first kappa shape index (κ1) is 15.4. The molecule has 0 spiro atoms. The minimum absolute atomic E-state index is 0.219. The number of aromatic nitrogens is 2. The first-order valence-electron chi connectivity index (χ1n) is 6.91. The zero-order chi connectivity index (χ0) is 15.4. The zero-order valence-electron chi connectivity index (χ0n) is 12.3. The van der Waals surface area contributed by atoms with Gasteiger partial charge in [0, 0.05) is 25.0 Å². The van der Waals surface area contributed by atoms with Crippen LogP contribution in [0.2, 0.25) is 0 Å². The molecule has 2 rings (SSSR count). The summed E-state index contributed by atoms with van der Waals surface area (Å²) >= 11 is 1.67. The van der Waals surface area contributed by atoms with Crippen LogP contribution in [0.3, 0.4) is 0 Å². The predicted octanol–water partition coefficient (Wildman–Crippen LogP) is 1.26. The number of nitrogens with one attached hydrogen (secondary N) is 1. The van der Waals surface area contributed by atoms with E-state index in [1.807, 2.05) is 24.4 Å². The second-order valence-electron chi connectivity index (χ2n) is 4.81. The van der Waals surface area contributed by atoms with E-state index in [0.717, 1.165) is 17.4 Å². The number of anilines is 2.